The van der Waals surface area contributed by atoms with E-state index in [4.69, 9.17) is 23.2 Å². The van der Waals surface area contributed by atoms with Crippen LogP contribution in [-0.4, -0.2) is 24.0 Å². The van der Waals surface area contributed by atoms with E-state index in [-0.39, 0.29) is 12.3 Å². The molecule has 0 spiro atoms. The second kappa shape index (κ2) is 9.19. The van der Waals surface area contributed by atoms with E-state index in [9.17, 15) is 9.59 Å². The summed E-state index contributed by atoms with van der Waals surface area (Å²) in [6, 6.07) is 12.1. The number of aromatic nitrogens is 1. The molecule has 3 aromatic rings. The summed E-state index contributed by atoms with van der Waals surface area (Å²) in [5, 5.41) is 6.48. The monoisotopic (exact) mass is 434 g/mol. The van der Waals surface area contributed by atoms with E-state index < -0.39 is 5.97 Å². The van der Waals surface area contributed by atoms with Gasteiger partial charge in [0.1, 0.15) is 0 Å². The maximum atomic E-state index is 12.4. The fourth-order valence-electron chi connectivity index (χ4n) is 2.56. The zero-order chi connectivity index (χ0) is 20.1. The number of carbonyl (C=O) groups excluding carboxylic acids is 2. The summed E-state index contributed by atoms with van der Waals surface area (Å²) in [7, 11) is 1.29. The predicted molar refractivity (Wildman–Crippen MR) is 111 cm³/mol. The number of hydrogen-bond acceptors (Lipinski definition) is 5. The molecule has 1 amide bonds. The van der Waals surface area contributed by atoms with Crippen LogP contribution < -0.4 is 5.32 Å². The van der Waals surface area contributed by atoms with E-state index in [0.29, 0.717) is 33.4 Å². The highest BCUT2D eigenvalue weighted by Gasteiger charge is 2.13. The minimum Gasteiger partial charge on any atom is -0.465 e. The maximum absolute atomic E-state index is 12.4. The number of anilines is 1. The van der Waals surface area contributed by atoms with E-state index in [1.54, 1.807) is 0 Å². The molecule has 8 heteroatoms. The molecule has 0 unspecified atom stereocenters. The van der Waals surface area contributed by atoms with Gasteiger partial charge in [-0.25, -0.2) is 9.78 Å². The zero-order valence-corrected chi connectivity index (χ0v) is 17.2. The summed E-state index contributed by atoms with van der Waals surface area (Å²) in [5.41, 5.74) is 2.38. The molecule has 0 aliphatic carbocycles. The lowest BCUT2D eigenvalue weighted by Crippen LogP contribution is -2.15. The average molecular weight is 435 g/mol. The third-order valence-electron chi connectivity index (χ3n) is 3.85. The molecule has 0 radical (unpaired) electrons. The Kier molecular flexibility index (Phi) is 6.67. The number of nitrogens with zero attached hydrogens (tertiary/aromatic N) is 1. The van der Waals surface area contributed by atoms with Crippen molar-refractivity contribution in [3.05, 3.63) is 79.7 Å². The van der Waals surface area contributed by atoms with Crippen LogP contribution in [0.2, 0.25) is 10.0 Å². The molecule has 3 rings (SSSR count). The maximum Gasteiger partial charge on any atom is 0.337 e. The van der Waals surface area contributed by atoms with Crippen molar-refractivity contribution >= 4 is 52.1 Å². The molecule has 28 heavy (non-hydrogen) atoms. The van der Waals surface area contributed by atoms with Gasteiger partial charge in [-0.15, -0.1) is 11.3 Å². The second-order valence-corrected chi connectivity index (χ2v) is 7.74. The van der Waals surface area contributed by atoms with Crippen molar-refractivity contribution in [3.8, 4) is 0 Å². The number of hydrogen-bond donors (Lipinski definition) is 1. The van der Waals surface area contributed by atoms with Crippen molar-refractivity contribution in [3.63, 3.8) is 0 Å². The standard InChI is InChI=1S/C20H16Cl2N2O3S/c1-27-20(26)13-5-6-16(22)17(9-13)24-18(25)10-15-11-28-19(23-15)8-12-3-2-4-14(21)7-12/h2-7,9,11H,8,10H2,1H3,(H,24,25). The fraction of sp³-hybridized carbons (Fsp3) is 0.150. The lowest BCUT2D eigenvalue weighted by Gasteiger charge is -2.08. The first-order chi connectivity index (χ1) is 13.4. The van der Waals surface area contributed by atoms with Crippen molar-refractivity contribution in [1.82, 2.24) is 4.98 Å². The largest absolute Gasteiger partial charge is 0.465 e. The van der Waals surface area contributed by atoms with Gasteiger partial charge < -0.3 is 10.1 Å². The van der Waals surface area contributed by atoms with Gasteiger partial charge in [0.2, 0.25) is 5.91 Å². The summed E-state index contributed by atoms with van der Waals surface area (Å²) in [6.07, 6.45) is 0.755. The van der Waals surface area contributed by atoms with Crippen LogP contribution in [0.1, 0.15) is 26.6 Å². The zero-order valence-electron chi connectivity index (χ0n) is 14.9. The molecule has 0 aliphatic rings. The third-order valence-corrected chi connectivity index (χ3v) is 5.31. The summed E-state index contributed by atoms with van der Waals surface area (Å²) in [5.74, 6) is -0.777. The van der Waals surface area contributed by atoms with Gasteiger partial charge in [-0.1, -0.05) is 35.3 Å². The van der Waals surface area contributed by atoms with Gasteiger partial charge in [-0.3, -0.25) is 4.79 Å². The van der Waals surface area contributed by atoms with Crippen LogP contribution in [0.4, 0.5) is 5.69 Å². The molecule has 5 nitrogen and oxygen atoms in total. The van der Waals surface area contributed by atoms with Gasteiger partial charge in [-0.2, -0.15) is 0 Å². The first-order valence-electron chi connectivity index (χ1n) is 8.30. The summed E-state index contributed by atoms with van der Waals surface area (Å²) >= 11 is 13.6. The number of rotatable bonds is 6. The average Bonchev–Trinajstić information content (AvgIpc) is 3.09. The molecule has 0 saturated heterocycles. The molecule has 1 N–H and O–H groups in total. The first kappa shape index (κ1) is 20.3. The molecule has 0 atom stereocenters. The van der Waals surface area contributed by atoms with E-state index >= 15 is 0 Å². The van der Waals surface area contributed by atoms with Crippen LogP contribution in [0.15, 0.2) is 47.8 Å². The quantitative estimate of drug-likeness (QED) is 0.553. The van der Waals surface area contributed by atoms with Crippen LogP contribution in [0, 0.1) is 0 Å². The third kappa shape index (κ3) is 5.32. The Hall–Kier alpha value is -2.41. The summed E-state index contributed by atoms with van der Waals surface area (Å²) in [4.78, 5) is 28.5. The Morgan fingerprint density at radius 3 is 2.75 bits per heavy atom. The number of ether oxygens (including phenoxy) is 1. The molecule has 0 fully saturated rings. The van der Waals surface area contributed by atoms with E-state index in [1.807, 2.05) is 29.6 Å². The first-order valence-corrected chi connectivity index (χ1v) is 9.93. The van der Waals surface area contributed by atoms with Gasteiger partial charge in [0, 0.05) is 16.8 Å². The minimum absolute atomic E-state index is 0.102. The van der Waals surface area contributed by atoms with Crippen LogP contribution in [0.25, 0.3) is 0 Å². The number of amides is 1. The Morgan fingerprint density at radius 2 is 2.00 bits per heavy atom. The number of esters is 1. The topological polar surface area (TPSA) is 68.3 Å². The number of benzene rings is 2. The molecule has 0 aliphatic heterocycles. The normalized spacial score (nSPS) is 10.5. The molecule has 0 bridgehead atoms. The lowest BCUT2D eigenvalue weighted by atomic mass is 10.2. The van der Waals surface area contributed by atoms with Gasteiger partial charge in [-0.05, 0) is 35.9 Å². The number of nitrogens with one attached hydrogen (secondary N) is 1. The van der Waals surface area contributed by atoms with Crippen LogP contribution in [-0.2, 0) is 22.4 Å². The molecule has 2 aromatic carbocycles. The minimum atomic E-state index is -0.502. The molecule has 1 aromatic heterocycles. The van der Waals surface area contributed by atoms with Gasteiger partial charge in [0.15, 0.2) is 0 Å². The SMILES string of the molecule is COC(=O)c1ccc(Cl)c(NC(=O)Cc2csc(Cc3cccc(Cl)c3)n2)c1. The second-order valence-electron chi connectivity index (χ2n) is 5.95. The number of methoxy groups -OCH3 is 1. The highest BCUT2D eigenvalue weighted by Crippen LogP contribution is 2.24. The lowest BCUT2D eigenvalue weighted by molar-refractivity contribution is -0.115. The predicted octanol–water partition coefficient (Wildman–Crippen LogP) is 5.01. The van der Waals surface area contributed by atoms with Crippen LogP contribution in [0.5, 0.6) is 0 Å². The van der Waals surface area contributed by atoms with Crippen molar-refractivity contribution in [2.24, 2.45) is 0 Å². The molecule has 0 saturated carbocycles. The molecule has 144 valence electrons. The Bertz CT molecular complexity index is 1020. The summed E-state index contributed by atoms with van der Waals surface area (Å²) in [6.45, 7) is 0. The fourth-order valence-corrected chi connectivity index (χ4v) is 3.76. The van der Waals surface area contributed by atoms with Gasteiger partial charge in [0.25, 0.3) is 0 Å². The highest BCUT2D eigenvalue weighted by molar-refractivity contribution is 7.09. The Balaban J connectivity index is 1.64. The smallest absolute Gasteiger partial charge is 0.337 e. The van der Waals surface area contributed by atoms with Crippen LogP contribution >= 0.6 is 34.5 Å². The van der Waals surface area contributed by atoms with E-state index in [1.165, 1.54) is 36.6 Å². The van der Waals surface area contributed by atoms with E-state index in [0.717, 1.165) is 10.6 Å². The Morgan fingerprint density at radius 1 is 1.18 bits per heavy atom. The molecular weight excluding hydrogens is 419 g/mol. The van der Waals surface area contributed by atoms with E-state index in [2.05, 4.69) is 15.0 Å². The van der Waals surface area contributed by atoms with Gasteiger partial charge in [0.05, 0.1) is 40.5 Å². The summed E-state index contributed by atoms with van der Waals surface area (Å²) < 4.78 is 4.68. The van der Waals surface area contributed by atoms with Crippen molar-refractivity contribution < 1.29 is 14.3 Å². The van der Waals surface area contributed by atoms with Crippen molar-refractivity contribution in [2.75, 3.05) is 12.4 Å². The highest BCUT2D eigenvalue weighted by atomic mass is 35.5. The van der Waals surface area contributed by atoms with Crippen molar-refractivity contribution in [2.45, 2.75) is 12.8 Å². The number of thiazole rings is 1. The Labute approximate surface area is 176 Å². The molecule has 1 heterocycles. The number of carbonyl (C=O) groups is 2. The van der Waals surface area contributed by atoms with Gasteiger partial charge >= 0.3 is 5.97 Å². The molecular formula is C20H16Cl2N2O3S. The van der Waals surface area contributed by atoms with Crippen molar-refractivity contribution in [1.29, 1.82) is 0 Å². The van der Waals surface area contributed by atoms with Crippen LogP contribution in [0.3, 0.4) is 0 Å². The number of halogens is 2.